The highest BCUT2D eigenvalue weighted by Crippen LogP contribution is 2.26. The second-order valence-electron chi connectivity index (χ2n) is 4.60. The first-order valence-corrected chi connectivity index (χ1v) is 7.73. The highest BCUT2D eigenvalue weighted by atomic mass is 32.2. The summed E-state index contributed by atoms with van der Waals surface area (Å²) in [5.41, 5.74) is -0.267. The summed E-state index contributed by atoms with van der Waals surface area (Å²) in [6.07, 6.45) is 1.03. The van der Waals surface area contributed by atoms with Crippen LogP contribution >= 0.6 is 11.8 Å². The average Bonchev–Trinajstić information content (AvgIpc) is 2.56. The lowest BCUT2D eigenvalue weighted by Crippen LogP contribution is -2.27. The third-order valence-corrected chi connectivity index (χ3v) is 3.89. The van der Waals surface area contributed by atoms with Gasteiger partial charge in [-0.25, -0.2) is 0 Å². The van der Waals surface area contributed by atoms with Crippen molar-refractivity contribution in [2.45, 2.75) is 11.4 Å². The van der Waals surface area contributed by atoms with E-state index in [-0.39, 0.29) is 18.0 Å². The average molecular weight is 344 g/mol. The zero-order chi connectivity index (χ0) is 17.5. The number of nitro groups is 1. The van der Waals surface area contributed by atoms with Crippen LogP contribution in [0.15, 0.2) is 52.3 Å². The molecule has 0 fully saturated rings. The highest BCUT2D eigenvalue weighted by molar-refractivity contribution is 7.99. The second-order valence-corrected chi connectivity index (χ2v) is 5.62. The molecule has 24 heavy (non-hydrogen) atoms. The van der Waals surface area contributed by atoms with Crippen LogP contribution in [0.3, 0.4) is 0 Å². The summed E-state index contributed by atoms with van der Waals surface area (Å²) in [5, 5.41) is 22.0. The van der Waals surface area contributed by atoms with Gasteiger partial charge in [-0.2, -0.15) is 5.26 Å². The lowest BCUT2D eigenvalue weighted by Gasteiger charge is -2.10. The van der Waals surface area contributed by atoms with E-state index in [1.165, 1.54) is 11.8 Å². The lowest BCUT2D eigenvalue weighted by atomic mass is 10.3. The Morgan fingerprint density at radius 3 is 2.79 bits per heavy atom. The van der Waals surface area contributed by atoms with Gasteiger partial charge in [0.2, 0.25) is 5.91 Å². The van der Waals surface area contributed by atoms with Crippen molar-refractivity contribution < 1.29 is 9.72 Å². The number of benzene rings is 1. The summed E-state index contributed by atoms with van der Waals surface area (Å²) in [6.45, 7) is -0.349. The van der Waals surface area contributed by atoms with Crippen LogP contribution < -0.4 is 10.9 Å². The summed E-state index contributed by atoms with van der Waals surface area (Å²) in [5.74, 6) is -0.264. The van der Waals surface area contributed by atoms with E-state index in [4.69, 9.17) is 5.26 Å². The Morgan fingerprint density at radius 1 is 1.33 bits per heavy atom. The van der Waals surface area contributed by atoms with Gasteiger partial charge >= 0.3 is 0 Å². The zero-order valence-electron chi connectivity index (χ0n) is 12.3. The van der Waals surface area contributed by atoms with E-state index in [0.29, 0.717) is 5.69 Å². The van der Waals surface area contributed by atoms with Gasteiger partial charge in [-0.05, 0) is 12.1 Å². The predicted octanol–water partition coefficient (Wildman–Crippen LogP) is 2.01. The topological polar surface area (TPSA) is 118 Å². The first-order valence-electron chi connectivity index (χ1n) is 6.75. The van der Waals surface area contributed by atoms with Crippen LogP contribution in [-0.4, -0.2) is 21.2 Å². The largest absolute Gasteiger partial charge is 0.324 e. The van der Waals surface area contributed by atoms with Crippen molar-refractivity contribution in [2.75, 3.05) is 11.1 Å². The van der Waals surface area contributed by atoms with Crippen LogP contribution in [0.5, 0.6) is 0 Å². The molecule has 1 amide bonds. The van der Waals surface area contributed by atoms with Gasteiger partial charge in [0.25, 0.3) is 11.2 Å². The number of para-hydroxylation sites is 1. The van der Waals surface area contributed by atoms with Gasteiger partial charge in [-0.15, -0.1) is 11.8 Å². The molecule has 0 aliphatic heterocycles. The van der Waals surface area contributed by atoms with Crippen molar-refractivity contribution in [3.05, 3.63) is 63.1 Å². The number of rotatable bonds is 6. The summed E-state index contributed by atoms with van der Waals surface area (Å²) < 4.78 is 0.971. The van der Waals surface area contributed by atoms with Crippen LogP contribution in [-0.2, 0) is 11.3 Å². The molecule has 0 radical (unpaired) electrons. The highest BCUT2D eigenvalue weighted by Gasteiger charge is 2.12. The molecule has 1 aromatic carbocycles. The molecule has 1 heterocycles. The number of carbonyl (C=O) groups excluding carboxylic acids is 1. The molecule has 0 aliphatic rings. The maximum atomic E-state index is 12.1. The van der Waals surface area contributed by atoms with E-state index in [0.717, 1.165) is 27.8 Å². The van der Waals surface area contributed by atoms with Crippen molar-refractivity contribution >= 4 is 29.0 Å². The van der Waals surface area contributed by atoms with E-state index < -0.39 is 16.4 Å². The summed E-state index contributed by atoms with van der Waals surface area (Å²) in [6, 6.07) is 11.1. The van der Waals surface area contributed by atoms with Gasteiger partial charge in [0.05, 0.1) is 28.6 Å². The molecule has 2 aromatic rings. The lowest BCUT2D eigenvalue weighted by molar-refractivity contribution is -0.385. The van der Waals surface area contributed by atoms with Gasteiger partial charge in [-0.1, -0.05) is 12.1 Å². The molecule has 0 atom stereocenters. The first kappa shape index (κ1) is 17.2. The smallest absolute Gasteiger partial charge is 0.285 e. The number of nitriles is 1. The number of anilines is 1. The minimum atomic E-state index is -0.637. The summed E-state index contributed by atoms with van der Waals surface area (Å²) in [7, 11) is 0. The van der Waals surface area contributed by atoms with Gasteiger partial charge in [-0.3, -0.25) is 24.3 Å². The number of aromatic nitrogens is 1. The molecule has 0 bridgehead atoms. The Hall–Kier alpha value is -3.12. The quantitative estimate of drug-likeness (QED) is 0.486. The molecule has 2 rings (SSSR count). The van der Waals surface area contributed by atoms with E-state index in [1.54, 1.807) is 24.3 Å². The molecule has 1 N–H and O–H groups in total. The van der Waals surface area contributed by atoms with Gasteiger partial charge in [0, 0.05) is 17.0 Å². The van der Waals surface area contributed by atoms with E-state index in [2.05, 4.69) is 5.32 Å². The van der Waals surface area contributed by atoms with Crippen molar-refractivity contribution in [2.24, 2.45) is 0 Å². The van der Waals surface area contributed by atoms with Crippen molar-refractivity contribution in [1.82, 2.24) is 4.57 Å². The fourth-order valence-corrected chi connectivity index (χ4v) is 2.57. The number of hydrogen-bond acceptors (Lipinski definition) is 6. The zero-order valence-corrected chi connectivity index (χ0v) is 13.2. The van der Waals surface area contributed by atoms with Crippen LogP contribution in [0.4, 0.5) is 11.4 Å². The standard InChI is InChI=1S/C15H12N4O4S/c16-7-8-24-13-4-2-1-3-12(13)17-14(20)10-18-9-11(19(22)23)5-6-15(18)21/h1-6,9H,8,10H2,(H,17,20). The molecule has 0 saturated heterocycles. The molecule has 0 saturated carbocycles. The van der Waals surface area contributed by atoms with Crippen LogP contribution in [0, 0.1) is 21.4 Å². The van der Waals surface area contributed by atoms with Crippen LogP contribution in [0.2, 0.25) is 0 Å². The minimum Gasteiger partial charge on any atom is -0.324 e. The Morgan fingerprint density at radius 2 is 2.08 bits per heavy atom. The van der Waals surface area contributed by atoms with Gasteiger partial charge < -0.3 is 5.32 Å². The van der Waals surface area contributed by atoms with Crippen LogP contribution in [0.1, 0.15) is 0 Å². The Balaban J connectivity index is 2.15. The molecule has 0 unspecified atom stereocenters. The molecule has 0 spiro atoms. The molecule has 0 aliphatic carbocycles. The summed E-state index contributed by atoms with van der Waals surface area (Å²) in [4.78, 5) is 34.7. The number of hydrogen-bond donors (Lipinski definition) is 1. The van der Waals surface area contributed by atoms with Crippen molar-refractivity contribution in [1.29, 1.82) is 5.26 Å². The Kier molecular flexibility index (Phi) is 5.70. The molecule has 122 valence electrons. The Labute approximate surface area is 140 Å². The summed E-state index contributed by atoms with van der Waals surface area (Å²) >= 11 is 1.27. The maximum absolute atomic E-state index is 12.1. The maximum Gasteiger partial charge on any atom is 0.285 e. The fraction of sp³-hybridized carbons (Fsp3) is 0.133. The van der Waals surface area contributed by atoms with Gasteiger partial charge in [0.15, 0.2) is 0 Å². The second kappa shape index (κ2) is 7.94. The van der Waals surface area contributed by atoms with Crippen molar-refractivity contribution in [3.63, 3.8) is 0 Å². The molecule has 8 nitrogen and oxygen atoms in total. The predicted molar refractivity (Wildman–Crippen MR) is 88.8 cm³/mol. The normalized spacial score (nSPS) is 9.96. The van der Waals surface area contributed by atoms with E-state index >= 15 is 0 Å². The van der Waals surface area contributed by atoms with Crippen molar-refractivity contribution in [3.8, 4) is 6.07 Å². The molecule has 9 heteroatoms. The van der Waals surface area contributed by atoms with Crippen LogP contribution in [0.25, 0.3) is 0 Å². The fourth-order valence-electron chi connectivity index (χ4n) is 1.90. The number of amides is 1. The Bertz CT molecular complexity index is 872. The molecular formula is C15H12N4O4S. The number of nitrogens with one attached hydrogen (secondary N) is 1. The number of pyridine rings is 1. The number of nitrogens with zero attached hydrogens (tertiary/aromatic N) is 3. The molecular weight excluding hydrogens is 332 g/mol. The van der Waals surface area contributed by atoms with E-state index in [9.17, 15) is 19.7 Å². The SMILES string of the molecule is N#CCSc1ccccc1NC(=O)Cn1cc([N+](=O)[O-])ccc1=O. The third-order valence-electron chi connectivity index (χ3n) is 2.95. The van der Waals surface area contributed by atoms with Gasteiger partial charge in [0.1, 0.15) is 6.54 Å². The number of carbonyl (C=O) groups is 1. The minimum absolute atomic E-state index is 0.233. The number of thioether (sulfide) groups is 1. The molecule has 1 aromatic heterocycles. The monoisotopic (exact) mass is 344 g/mol. The van der Waals surface area contributed by atoms with E-state index in [1.807, 2.05) is 6.07 Å². The first-order chi connectivity index (χ1) is 11.5. The third kappa shape index (κ3) is 4.44.